The molecule has 0 bridgehead atoms. The number of halogens is 7. The minimum Gasteiger partial charge on any atom is 0.235 e. The quantitative estimate of drug-likeness (QED) is 0.368. The van der Waals surface area contributed by atoms with E-state index < -0.39 is 7.81 Å². The summed E-state index contributed by atoms with van der Waals surface area (Å²) in [4.78, 5) is 0. The Morgan fingerprint density at radius 3 is 1.06 bits per heavy atom. The van der Waals surface area contributed by atoms with Gasteiger partial charge in [0.25, 0.3) is 0 Å². The van der Waals surface area contributed by atoms with Gasteiger partial charge in [0.15, 0.2) is 0 Å². The van der Waals surface area contributed by atoms with Gasteiger partial charge in [-0.15, -0.1) is 0 Å². The first-order valence-electron chi connectivity index (χ1n) is 3.84. The summed E-state index contributed by atoms with van der Waals surface area (Å²) in [6.07, 6.45) is 0. The standard InChI is InChI=1S/C8H10.F6P.H2I/c1-7-5-3-4-6-8(7)2;1-7(2,3,4,5)6;/h3-6H,1-2H3;;1H2/q;-1;+1. The van der Waals surface area contributed by atoms with E-state index in [-0.39, 0.29) is 24.0 Å². The minimum absolute atomic E-state index is 0. The van der Waals surface area contributed by atoms with E-state index in [1.54, 1.807) is 0 Å². The Labute approximate surface area is 106 Å². The van der Waals surface area contributed by atoms with Gasteiger partial charge in [0, 0.05) is 0 Å². The fraction of sp³-hybridized carbons (Fsp3) is 0.250. The summed E-state index contributed by atoms with van der Waals surface area (Å²) in [7, 11) is -10.7. The number of hydrogen-bond donors (Lipinski definition) is 0. The van der Waals surface area contributed by atoms with Crippen LogP contribution in [0.5, 0.6) is 0 Å². The third-order valence-electron chi connectivity index (χ3n) is 1.43. The number of rotatable bonds is 0. The molecule has 16 heavy (non-hydrogen) atoms. The van der Waals surface area contributed by atoms with E-state index in [4.69, 9.17) is 0 Å². The van der Waals surface area contributed by atoms with Crippen molar-refractivity contribution in [1.82, 2.24) is 0 Å². The Morgan fingerprint density at radius 1 is 0.750 bits per heavy atom. The van der Waals surface area contributed by atoms with Crippen LogP contribution < -0.4 is 24.0 Å². The van der Waals surface area contributed by atoms with Gasteiger partial charge in [0.05, 0.1) is 0 Å². The molecule has 0 radical (unpaired) electrons. The zero-order valence-corrected chi connectivity index (χ0v) is 11.9. The van der Waals surface area contributed by atoms with Crippen molar-refractivity contribution in [2.24, 2.45) is 0 Å². The van der Waals surface area contributed by atoms with Gasteiger partial charge in [0.1, 0.15) is 0 Å². The third kappa shape index (κ3) is 19.5. The van der Waals surface area contributed by atoms with Crippen LogP contribution in [0.25, 0.3) is 0 Å². The van der Waals surface area contributed by atoms with Crippen LogP contribution in [0, 0.1) is 13.8 Å². The molecule has 0 aliphatic carbocycles. The average molecular weight is 380 g/mol. The first kappa shape index (κ1) is 18.3. The molecule has 0 saturated carbocycles. The van der Waals surface area contributed by atoms with E-state index in [0.29, 0.717) is 0 Å². The van der Waals surface area contributed by atoms with Crippen molar-refractivity contribution in [3.8, 4) is 0 Å². The summed E-state index contributed by atoms with van der Waals surface area (Å²) in [5.41, 5.74) is 2.74. The van der Waals surface area contributed by atoms with Crippen LogP contribution in [0.2, 0.25) is 0 Å². The maximum Gasteiger partial charge on any atom is 0.235 e. The fourth-order valence-electron chi connectivity index (χ4n) is 0.663. The van der Waals surface area contributed by atoms with E-state index in [1.807, 2.05) is 0 Å². The van der Waals surface area contributed by atoms with Gasteiger partial charge in [-0.2, -0.15) is 0 Å². The molecule has 0 heterocycles. The molecule has 1 aromatic rings. The Balaban J connectivity index is 0. The smallest absolute Gasteiger partial charge is 0.235 e. The van der Waals surface area contributed by atoms with Crippen molar-refractivity contribution in [3.05, 3.63) is 35.4 Å². The van der Waals surface area contributed by atoms with Gasteiger partial charge in [-0.1, -0.05) is 24.3 Å². The van der Waals surface area contributed by atoms with Crippen LogP contribution in [0.15, 0.2) is 24.3 Å². The van der Waals surface area contributed by atoms with Crippen molar-refractivity contribution < 1.29 is 49.2 Å². The molecule has 0 saturated heterocycles. The van der Waals surface area contributed by atoms with E-state index >= 15 is 0 Å². The summed E-state index contributed by atoms with van der Waals surface area (Å²) < 4.78 is 59.2. The number of hydrogen-bond acceptors (Lipinski definition) is 0. The zero-order valence-electron chi connectivity index (χ0n) is 8.47. The predicted molar refractivity (Wildman–Crippen MR) is 52.3 cm³/mol. The zero-order chi connectivity index (χ0) is 12.4. The number of benzene rings is 1. The Hall–Kier alpha value is -0.0400. The minimum atomic E-state index is -10.7. The molecule has 0 aromatic heterocycles. The largest absolute Gasteiger partial charge is 0.235 e. The first-order valence-corrected chi connectivity index (χ1v) is 5.87. The van der Waals surface area contributed by atoms with E-state index in [1.165, 1.54) is 11.1 Å². The molecule has 0 atom stereocenters. The maximum atomic E-state index is 9.87. The molecule has 1 rings (SSSR count). The van der Waals surface area contributed by atoms with Gasteiger partial charge in [-0.3, -0.25) is 0 Å². The Morgan fingerprint density at radius 2 is 0.938 bits per heavy atom. The molecular formula is C8H12F6IP. The second kappa shape index (κ2) is 4.68. The molecule has 0 aliphatic rings. The van der Waals surface area contributed by atoms with Crippen molar-refractivity contribution >= 4 is 7.81 Å². The predicted octanol–water partition coefficient (Wildman–Crippen LogP) is 2.15. The Kier molecular flexibility index (Phi) is 5.36. The molecule has 1 aromatic carbocycles. The monoisotopic (exact) mass is 380 g/mol. The van der Waals surface area contributed by atoms with Crippen LogP contribution in [-0.4, -0.2) is 0 Å². The SMILES string of the molecule is Cc1ccccc1C.F[P-](F)(F)(F)(F)F.[IH2+]. The second-order valence-corrected chi connectivity index (χ2v) is 4.96. The Bertz CT molecular complexity index is 311. The van der Waals surface area contributed by atoms with Crippen molar-refractivity contribution in [3.63, 3.8) is 0 Å². The molecule has 0 unspecified atom stereocenters. The van der Waals surface area contributed by atoms with Gasteiger partial charge in [0.2, 0.25) is 24.0 Å². The molecule has 0 amide bonds. The molecule has 0 spiro atoms. The second-order valence-electron chi connectivity index (χ2n) is 3.04. The van der Waals surface area contributed by atoms with Gasteiger partial charge < -0.3 is 0 Å². The molecule has 0 fully saturated rings. The summed E-state index contributed by atoms with van der Waals surface area (Å²) in [6, 6.07) is 8.36. The summed E-state index contributed by atoms with van der Waals surface area (Å²) >= 11 is 0. The van der Waals surface area contributed by atoms with Crippen molar-refractivity contribution in [1.29, 1.82) is 0 Å². The van der Waals surface area contributed by atoms with Crippen LogP contribution >= 0.6 is 7.81 Å². The van der Waals surface area contributed by atoms with Gasteiger partial charge in [-0.05, 0) is 25.0 Å². The van der Waals surface area contributed by atoms with E-state index in [2.05, 4.69) is 38.1 Å². The van der Waals surface area contributed by atoms with Gasteiger partial charge in [-0.25, -0.2) is 0 Å². The summed E-state index contributed by atoms with van der Waals surface area (Å²) in [6.45, 7) is 4.24. The molecule has 0 nitrogen and oxygen atoms in total. The first-order chi connectivity index (χ1) is 6.25. The average Bonchev–Trinajstić information content (AvgIpc) is 1.88. The fourth-order valence-corrected chi connectivity index (χ4v) is 0.663. The molecule has 8 heteroatoms. The summed E-state index contributed by atoms with van der Waals surface area (Å²) in [5, 5.41) is 0. The molecule has 0 aliphatic heterocycles. The van der Waals surface area contributed by atoms with E-state index in [0.717, 1.165) is 0 Å². The molecule has 0 N–H and O–H groups in total. The molecule has 98 valence electrons. The van der Waals surface area contributed by atoms with Crippen LogP contribution in [0.1, 0.15) is 11.1 Å². The normalized spacial score (nSPS) is 14.8. The van der Waals surface area contributed by atoms with Gasteiger partial charge >= 0.3 is 33.0 Å². The maximum absolute atomic E-state index is 10.7. The number of aryl methyl sites for hydroxylation is 2. The van der Waals surface area contributed by atoms with Crippen molar-refractivity contribution in [2.75, 3.05) is 0 Å². The van der Waals surface area contributed by atoms with Crippen LogP contribution in [-0.2, 0) is 0 Å². The van der Waals surface area contributed by atoms with Crippen LogP contribution in [0.3, 0.4) is 0 Å². The van der Waals surface area contributed by atoms with E-state index in [9.17, 15) is 25.2 Å². The summed E-state index contributed by atoms with van der Waals surface area (Å²) in [5.74, 6) is 0. The molecular weight excluding hydrogens is 368 g/mol. The topological polar surface area (TPSA) is 0 Å². The third-order valence-corrected chi connectivity index (χ3v) is 1.43. The van der Waals surface area contributed by atoms with Crippen LogP contribution in [0.4, 0.5) is 25.2 Å². The van der Waals surface area contributed by atoms with Crippen molar-refractivity contribution in [2.45, 2.75) is 13.8 Å².